The summed E-state index contributed by atoms with van der Waals surface area (Å²) in [5.74, 6) is 0.150. The number of ether oxygens (including phenoxy) is 1. The number of aromatic nitrogens is 2. The number of amides is 1. The van der Waals surface area contributed by atoms with Gasteiger partial charge < -0.3 is 9.64 Å². The van der Waals surface area contributed by atoms with Crippen molar-refractivity contribution < 1.29 is 9.53 Å². The van der Waals surface area contributed by atoms with E-state index < -0.39 is 0 Å². The van der Waals surface area contributed by atoms with Gasteiger partial charge >= 0.3 is 0 Å². The Labute approximate surface area is 107 Å². The van der Waals surface area contributed by atoms with Crippen molar-refractivity contribution in [2.24, 2.45) is 7.05 Å². The summed E-state index contributed by atoms with van der Waals surface area (Å²) in [6, 6.07) is 0. The number of hydrogen-bond donors (Lipinski definition) is 0. The topological polar surface area (TPSA) is 47.4 Å². The van der Waals surface area contributed by atoms with Crippen molar-refractivity contribution in [3.63, 3.8) is 0 Å². The van der Waals surface area contributed by atoms with Gasteiger partial charge in [0.05, 0.1) is 17.9 Å². The largest absolute Gasteiger partial charge is 0.368 e. The summed E-state index contributed by atoms with van der Waals surface area (Å²) in [5.41, 5.74) is 3.58. The lowest BCUT2D eigenvalue weighted by molar-refractivity contribution is -0.142. The summed E-state index contributed by atoms with van der Waals surface area (Å²) in [5, 5.41) is 4.43. The number of hydrogen-bond acceptors (Lipinski definition) is 3. The molecule has 3 heterocycles. The van der Waals surface area contributed by atoms with E-state index >= 15 is 0 Å². The maximum Gasteiger partial charge on any atom is 0.252 e. The van der Waals surface area contributed by atoms with Crippen LogP contribution in [0.15, 0.2) is 0 Å². The lowest BCUT2D eigenvalue weighted by Gasteiger charge is -2.29. The molecule has 2 aliphatic heterocycles. The molecule has 18 heavy (non-hydrogen) atoms. The molecule has 5 heteroatoms. The van der Waals surface area contributed by atoms with E-state index in [9.17, 15) is 4.79 Å². The van der Waals surface area contributed by atoms with Gasteiger partial charge in [-0.2, -0.15) is 5.10 Å². The monoisotopic (exact) mass is 249 g/mol. The maximum absolute atomic E-state index is 12.3. The first-order valence-electron chi connectivity index (χ1n) is 6.58. The van der Waals surface area contributed by atoms with Crippen LogP contribution in [0.2, 0.25) is 0 Å². The lowest BCUT2D eigenvalue weighted by Crippen LogP contribution is -2.42. The van der Waals surface area contributed by atoms with E-state index in [1.165, 1.54) is 11.3 Å². The second-order valence-corrected chi connectivity index (χ2v) is 5.15. The van der Waals surface area contributed by atoms with Crippen molar-refractivity contribution >= 4 is 5.91 Å². The van der Waals surface area contributed by atoms with Gasteiger partial charge in [-0.3, -0.25) is 9.48 Å². The van der Waals surface area contributed by atoms with Gasteiger partial charge in [-0.25, -0.2) is 0 Å². The molecule has 0 bridgehead atoms. The molecule has 2 aliphatic rings. The number of nitrogens with zero attached hydrogens (tertiary/aromatic N) is 3. The third kappa shape index (κ3) is 1.82. The molecule has 1 atom stereocenters. The van der Waals surface area contributed by atoms with Crippen LogP contribution in [-0.4, -0.2) is 39.8 Å². The molecule has 0 N–H and O–H groups in total. The van der Waals surface area contributed by atoms with Gasteiger partial charge in [0.25, 0.3) is 5.91 Å². The minimum Gasteiger partial charge on any atom is -0.368 e. The van der Waals surface area contributed by atoms with Crippen molar-refractivity contribution in [1.82, 2.24) is 14.7 Å². The number of fused-ring (bicyclic) bond motifs is 1. The van der Waals surface area contributed by atoms with E-state index in [-0.39, 0.29) is 12.0 Å². The molecule has 98 valence electrons. The van der Waals surface area contributed by atoms with Crippen LogP contribution < -0.4 is 0 Å². The Bertz CT molecular complexity index is 475. The Hall–Kier alpha value is -1.36. The highest BCUT2D eigenvalue weighted by atomic mass is 16.5. The first kappa shape index (κ1) is 11.7. The average molecular weight is 249 g/mol. The van der Waals surface area contributed by atoms with Crippen LogP contribution in [0.4, 0.5) is 0 Å². The van der Waals surface area contributed by atoms with Crippen molar-refractivity contribution in [3.05, 3.63) is 17.0 Å². The van der Waals surface area contributed by atoms with Crippen LogP contribution in [0, 0.1) is 6.92 Å². The molecule has 1 amide bonds. The number of aryl methyl sites for hydroxylation is 2. The van der Waals surface area contributed by atoms with Gasteiger partial charge in [0.2, 0.25) is 0 Å². The van der Waals surface area contributed by atoms with E-state index in [1.807, 2.05) is 23.6 Å². The van der Waals surface area contributed by atoms with Crippen LogP contribution in [0.3, 0.4) is 0 Å². The van der Waals surface area contributed by atoms with Crippen LogP contribution in [0.5, 0.6) is 0 Å². The average Bonchev–Trinajstić information content (AvgIpc) is 2.98. The fourth-order valence-electron chi connectivity index (χ4n) is 2.94. The molecular formula is C13H19N3O2. The highest BCUT2D eigenvalue weighted by Crippen LogP contribution is 2.23. The van der Waals surface area contributed by atoms with E-state index in [1.54, 1.807) is 0 Å². The molecule has 3 rings (SSSR count). The van der Waals surface area contributed by atoms with E-state index in [0.717, 1.165) is 38.1 Å². The van der Waals surface area contributed by atoms with Crippen LogP contribution >= 0.6 is 0 Å². The smallest absolute Gasteiger partial charge is 0.252 e. The zero-order valence-corrected chi connectivity index (χ0v) is 11.0. The zero-order chi connectivity index (χ0) is 12.7. The minimum atomic E-state index is -0.208. The number of carbonyl (C=O) groups excluding carboxylic acids is 1. The summed E-state index contributed by atoms with van der Waals surface area (Å²) in [6.07, 6.45) is 2.57. The summed E-state index contributed by atoms with van der Waals surface area (Å²) in [4.78, 5) is 14.2. The molecular weight excluding hydrogens is 230 g/mol. The molecule has 0 radical (unpaired) electrons. The van der Waals surface area contributed by atoms with Gasteiger partial charge in [-0.15, -0.1) is 0 Å². The van der Waals surface area contributed by atoms with E-state index in [2.05, 4.69) is 5.10 Å². The van der Waals surface area contributed by atoms with Gasteiger partial charge in [-0.1, -0.05) is 0 Å². The normalized spacial score (nSPS) is 23.2. The molecule has 0 aliphatic carbocycles. The molecule has 1 unspecified atom stereocenters. The third-order valence-corrected chi connectivity index (χ3v) is 3.96. The van der Waals surface area contributed by atoms with Crippen molar-refractivity contribution in [2.75, 3.05) is 13.2 Å². The maximum atomic E-state index is 12.3. The SMILES string of the molecule is Cc1nn(C)c2c1CCN(C(=O)C1CCCO1)C2. The van der Waals surface area contributed by atoms with Crippen LogP contribution in [-0.2, 0) is 29.5 Å². The molecule has 0 spiro atoms. The first-order chi connectivity index (χ1) is 8.66. The van der Waals surface area contributed by atoms with Crippen LogP contribution in [0.1, 0.15) is 29.8 Å². The third-order valence-electron chi connectivity index (χ3n) is 3.96. The van der Waals surface area contributed by atoms with Crippen molar-refractivity contribution in [1.29, 1.82) is 0 Å². The summed E-state index contributed by atoms with van der Waals surface area (Å²) in [7, 11) is 1.95. The lowest BCUT2D eigenvalue weighted by atomic mass is 10.0. The van der Waals surface area contributed by atoms with E-state index in [0.29, 0.717) is 6.54 Å². The Morgan fingerprint density at radius 2 is 2.33 bits per heavy atom. The Morgan fingerprint density at radius 3 is 3.06 bits per heavy atom. The first-order valence-corrected chi connectivity index (χ1v) is 6.58. The molecule has 0 aromatic carbocycles. The van der Waals surface area contributed by atoms with Crippen molar-refractivity contribution in [3.8, 4) is 0 Å². The molecule has 1 saturated heterocycles. The fraction of sp³-hybridized carbons (Fsp3) is 0.692. The predicted molar refractivity (Wildman–Crippen MR) is 66.0 cm³/mol. The summed E-state index contributed by atoms with van der Waals surface area (Å²) in [6.45, 7) is 4.22. The van der Waals surface area contributed by atoms with Crippen molar-refractivity contribution in [2.45, 2.75) is 38.8 Å². The summed E-state index contributed by atoms with van der Waals surface area (Å²) < 4.78 is 7.38. The van der Waals surface area contributed by atoms with Crippen LogP contribution in [0.25, 0.3) is 0 Å². The molecule has 1 aromatic heterocycles. The number of carbonyl (C=O) groups is 1. The Kier molecular flexibility index (Phi) is 2.86. The molecule has 0 saturated carbocycles. The number of rotatable bonds is 1. The second-order valence-electron chi connectivity index (χ2n) is 5.15. The Morgan fingerprint density at radius 1 is 1.50 bits per heavy atom. The molecule has 5 nitrogen and oxygen atoms in total. The standard InChI is InChI=1S/C13H19N3O2/c1-9-10-5-6-16(8-11(10)15(2)14-9)13(17)12-4-3-7-18-12/h12H,3-8H2,1-2H3. The van der Waals surface area contributed by atoms with Gasteiger partial charge in [0.15, 0.2) is 0 Å². The van der Waals surface area contributed by atoms with E-state index in [4.69, 9.17) is 4.74 Å². The quantitative estimate of drug-likeness (QED) is 0.739. The second kappa shape index (κ2) is 4.39. The summed E-state index contributed by atoms with van der Waals surface area (Å²) >= 11 is 0. The van der Waals surface area contributed by atoms with Gasteiger partial charge in [-0.05, 0) is 31.7 Å². The highest BCUT2D eigenvalue weighted by Gasteiger charge is 2.31. The minimum absolute atomic E-state index is 0.150. The zero-order valence-electron chi connectivity index (χ0n) is 11.0. The molecule has 1 aromatic rings. The Balaban J connectivity index is 1.78. The van der Waals surface area contributed by atoms with Gasteiger partial charge in [0.1, 0.15) is 6.10 Å². The highest BCUT2D eigenvalue weighted by molar-refractivity contribution is 5.81. The molecule has 1 fully saturated rings. The predicted octanol–water partition coefficient (Wildman–Crippen LogP) is 0.792. The van der Waals surface area contributed by atoms with Gasteiger partial charge in [0, 0.05) is 20.2 Å². The fourth-order valence-corrected chi connectivity index (χ4v) is 2.94.